The van der Waals surface area contributed by atoms with Crippen molar-refractivity contribution in [3.05, 3.63) is 36.2 Å². The summed E-state index contributed by atoms with van der Waals surface area (Å²) in [6, 6.07) is 4.61. The van der Waals surface area contributed by atoms with E-state index in [4.69, 9.17) is 0 Å². The van der Waals surface area contributed by atoms with Crippen LogP contribution in [-0.2, 0) is 10.0 Å². The quantitative estimate of drug-likeness (QED) is 0.866. The van der Waals surface area contributed by atoms with Crippen LogP contribution in [0.4, 0.5) is 15.8 Å². The molecule has 0 spiro atoms. The maximum absolute atomic E-state index is 14.0. The second-order valence-electron chi connectivity index (χ2n) is 5.94. The average molecular weight is 324 g/mol. The van der Waals surface area contributed by atoms with E-state index in [1.165, 1.54) is 10.4 Å². The van der Waals surface area contributed by atoms with Gasteiger partial charge in [0.25, 0.3) is 0 Å². The van der Waals surface area contributed by atoms with Crippen molar-refractivity contribution in [2.75, 3.05) is 28.5 Å². The molecule has 0 saturated carbocycles. The number of halogens is 1. The minimum absolute atomic E-state index is 0.0957. The zero-order chi connectivity index (χ0) is 15.6. The smallest absolute Gasteiger partial charge is 0.235 e. The van der Waals surface area contributed by atoms with Crippen LogP contribution in [0, 0.1) is 11.7 Å². The predicted octanol–water partition coefficient (Wildman–Crippen LogP) is 3.13. The summed E-state index contributed by atoms with van der Waals surface area (Å²) in [6.45, 7) is 1.18. The zero-order valence-corrected chi connectivity index (χ0v) is 13.3. The number of nitrogens with one attached hydrogen (secondary N) is 1. The highest BCUT2D eigenvalue weighted by Gasteiger charge is 2.30. The minimum atomic E-state index is -3.36. The van der Waals surface area contributed by atoms with Gasteiger partial charge in [-0.1, -0.05) is 12.2 Å². The van der Waals surface area contributed by atoms with E-state index in [2.05, 4.69) is 17.5 Å². The number of nitrogens with zero attached hydrogens (tertiary/aromatic N) is 1. The molecule has 0 radical (unpaired) electrons. The Morgan fingerprint density at radius 2 is 2.18 bits per heavy atom. The lowest BCUT2D eigenvalue weighted by Gasteiger charge is -2.21. The van der Waals surface area contributed by atoms with Crippen molar-refractivity contribution in [2.24, 2.45) is 5.92 Å². The largest absolute Gasteiger partial charge is 0.385 e. The van der Waals surface area contributed by atoms with Crippen LogP contribution < -0.4 is 9.62 Å². The minimum Gasteiger partial charge on any atom is -0.385 e. The summed E-state index contributed by atoms with van der Waals surface area (Å²) in [5.41, 5.74) is 0.930. The maximum Gasteiger partial charge on any atom is 0.235 e. The lowest BCUT2D eigenvalue weighted by molar-refractivity contribution is 0.504. The molecule has 1 heterocycles. The molecule has 1 N–H and O–H groups in total. The number of anilines is 2. The Bertz CT molecular complexity index is 673. The first-order valence-electron chi connectivity index (χ1n) is 7.75. The second kappa shape index (κ2) is 6.28. The molecule has 1 aromatic rings. The van der Waals surface area contributed by atoms with Gasteiger partial charge in [-0.2, -0.15) is 0 Å². The molecule has 1 fully saturated rings. The molecule has 3 rings (SSSR count). The molecule has 22 heavy (non-hydrogen) atoms. The van der Waals surface area contributed by atoms with E-state index in [9.17, 15) is 12.8 Å². The maximum atomic E-state index is 14.0. The van der Waals surface area contributed by atoms with Crippen LogP contribution in [0.3, 0.4) is 0 Å². The highest BCUT2D eigenvalue weighted by atomic mass is 32.2. The van der Waals surface area contributed by atoms with E-state index in [1.807, 2.05) is 0 Å². The van der Waals surface area contributed by atoms with Crippen LogP contribution in [0.2, 0.25) is 0 Å². The topological polar surface area (TPSA) is 49.4 Å². The van der Waals surface area contributed by atoms with Crippen molar-refractivity contribution in [3.8, 4) is 0 Å². The van der Waals surface area contributed by atoms with Gasteiger partial charge >= 0.3 is 0 Å². The number of rotatable bonds is 4. The molecular formula is C16H21FN2O2S. The molecule has 6 heteroatoms. The molecule has 1 saturated heterocycles. The molecule has 1 aliphatic heterocycles. The van der Waals surface area contributed by atoms with Crippen molar-refractivity contribution in [1.82, 2.24) is 0 Å². The summed E-state index contributed by atoms with van der Waals surface area (Å²) in [4.78, 5) is 0. The van der Waals surface area contributed by atoms with Crippen LogP contribution in [-0.4, -0.2) is 27.3 Å². The van der Waals surface area contributed by atoms with Crippen LogP contribution in [0.15, 0.2) is 30.4 Å². The molecule has 1 atom stereocenters. The SMILES string of the molecule is O=S1(=O)CCCN1c1cc(NCC2CC=CCC2)ccc1F. The molecule has 0 amide bonds. The van der Waals surface area contributed by atoms with E-state index >= 15 is 0 Å². The van der Waals surface area contributed by atoms with Crippen molar-refractivity contribution >= 4 is 21.4 Å². The van der Waals surface area contributed by atoms with Crippen molar-refractivity contribution < 1.29 is 12.8 Å². The summed E-state index contributed by atoms with van der Waals surface area (Å²) in [6.07, 6.45) is 8.26. The first kappa shape index (κ1) is 15.3. The molecular weight excluding hydrogens is 303 g/mol. The molecule has 0 aromatic heterocycles. The van der Waals surface area contributed by atoms with Gasteiger partial charge in [-0.3, -0.25) is 4.31 Å². The summed E-state index contributed by atoms with van der Waals surface area (Å²) >= 11 is 0. The van der Waals surface area contributed by atoms with E-state index in [0.717, 1.165) is 31.5 Å². The van der Waals surface area contributed by atoms with Crippen LogP contribution in [0.1, 0.15) is 25.7 Å². The molecule has 1 aromatic carbocycles. The second-order valence-corrected chi connectivity index (χ2v) is 7.95. The molecule has 0 bridgehead atoms. The molecule has 2 aliphatic rings. The zero-order valence-electron chi connectivity index (χ0n) is 12.5. The van der Waals surface area contributed by atoms with Gasteiger partial charge in [0.2, 0.25) is 10.0 Å². The monoisotopic (exact) mass is 324 g/mol. The first-order valence-corrected chi connectivity index (χ1v) is 9.36. The van der Waals surface area contributed by atoms with E-state index < -0.39 is 15.8 Å². The summed E-state index contributed by atoms with van der Waals surface area (Å²) < 4.78 is 39.1. The lowest BCUT2D eigenvalue weighted by Crippen LogP contribution is -2.26. The fourth-order valence-electron chi connectivity index (χ4n) is 3.03. The fourth-order valence-corrected chi connectivity index (χ4v) is 4.59. The van der Waals surface area contributed by atoms with Gasteiger partial charge < -0.3 is 5.32 Å². The van der Waals surface area contributed by atoms with Crippen LogP contribution in [0.25, 0.3) is 0 Å². The number of allylic oxidation sites excluding steroid dienone is 2. The van der Waals surface area contributed by atoms with Crippen molar-refractivity contribution in [2.45, 2.75) is 25.7 Å². The van der Waals surface area contributed by atoms with Gasteiger partial charge in [-0.15, -0.1) is 0 Å². The number of hydrogen-bond acceptors (Lipinski definition) is 3. The van der Waals surface area contributed by atoms with Gasteiger partial charge in [0, 0.05) is 18.8 Å². The van der Waals surface area contributed by atoms with E-state index in [0.29, 0.717) is 18.9 Å². The van der Waals surface area contributed by atoms with Crippen LogP contribution in [0.5, 0.6) is 0 Å². The Hall–Kier alpha value is -1.56. The van der Waals surface area contributed by atoms with Gasteiger partial charge in [-0.05, 0) is 49.8 Å². The third-order valence-corrected chi connectivity index (χ3v) is 6.14. The van der Waals surface area contributed by atoms with E-state index in [1.54, 1.807) is 12.1 Å². The van der Waals surface area contributed by atoms with Crippen molar-refractivity contribution in [1.29, 1.82) is 0 Å². The molecule has 1 aliphatic carbocycles. The highest BCUT2D eigenvalue weighted by Crippen LogP contribution is 2.29. The number of benzene rings is 1. The standard InChI is InChI=1S/C16H21FN2O2S/c17-15-8-7-14(18-12-13-5-2-1-3-6-13)11-16(15)19-9-4-10-22(19,20)21/h1-2,7-8,11,13,18H,3-6,9-10,12H2. The fraction of sp³-hybridized carbons (Fsp3) is 0.500. The Morgan fingerprint density at radius 1 is 1.32 bits per heavy atom. The number of sulfonamides is 1. The molecule has 1 unspecified atom stereocenters. The highest BCUT2D eigenvalue weighted by molar-refractivity contribution is 7.93. The first-order chi connectivity index (χ1) is 10.6. The van der Waals surface area contributed by atoms with Gasteiger partial charge in [0.1, 0.15) is 5.82 Å². The number of hydrogen-bond donors (Lipinski definition) is 1. The van der Waals surface area contributed by atoms with E-state index in [-0.39, 0.29) is 11.4 Å². The Kier molecular flexibility index (Phi) is 4.38. The van der Waals surface area contributed by atoms with Gasteiger partial charge in [-0.25, -0.2) is 12.8 Å². The van der Waals surface area contributed by atoms with Crippen LogP contribution >= 0.6 is 0 Å². The van der Waals surface area contributed by atoms with Gasteiger partial charge in [0.15, 0.2) is 0 Å². The third kappa shape index (κ3) is 3.27. The summed E-state index contributed by atoms with van der Waals surface area (Å²) in [5, 5.41) is 3.31. The molecule has 120 valence electrons. The molecule has 4 nitrogen and oxygen atoms in total. The Labute approximate surface area is 131 Å². The summed E-state index contributed by atoms with van der Waals surface area (Å²) in [7, 11) is -3.36. The third-order valence-electron chi connectivity index (χ3n) is 4.29. The lowest BCUT2D eigenvalue weighted by atomic mass is 9.94. The predicted molar refractivity (Wildman–Crippen MR) is 87.1 cm³/mol. The van der Waals surface area contributed by atoms with Gasteiger partial charge in [0.05, 0.1) is 11.4 Å². The Balaban J connectivity index is 1.74. The normalized spacial score (nSPS) is 23.7. The average Bonchev–Trinajstić information content (AvgIpc) is 2.87. The Morgan fingerprint density at radius 3 is 2.86 bits per heavy atom. The van der Waals surface area contributed by atoms with Crippen molar-refractivity contribution in [3.63, 3.8) is 0 Å². The summed E-state index contributed by atoms with van der Waals surface area (Å²) in [5.74, 6) is 0.184.